The Hall–Kier alpha value is -1.65. The number of nitrogens with zero attached hydrogens (tertiary/aromatic N) is 1. The number of rotatable bonds is 1. The third-order valence-electron chi connectivity index (χ3n) is 2.94. The number of benzene rings is 2. The van der Waals surface area contributed by atoms with Crippen LogP contribution < -0.4 is 4.90 Å². The molecule has 94 valence electrons. The molecule has 0 unspecified atom stereocenters. The van der Waals surface area contributed by atoms with Crippen LogP contribution in [-0.2, 0) is 0 Å². The Balaban J connectivity index is 2.16. The molecule has 5 heteroatoms. The Kier molecular flexibility index (Phi) is 2.92. The fraction of sp³-hybridized carbons (Fsp3) is 0. The number of anilines is 1. The van der Waals surface area contributed by atoms with Crippen molar-refractivity contribution in [2.45, 2.75) is 0 Å². The highest BCUT2D eigenvalue weighted by Gasteiger charge is 2.37. The van der Waals surface area contributed by atoms with Crippen LogP contribution in [0.15, 0.2) is 46.9 Å². The Bertz CT molecular complexity index is 714. The average Bonchev–Trinajstić information content (AvgIpc) is 2.63. The molecule has 0 aromatic heterocycles. The standard InChI is InChI=1S/C14H7BrClNO2/c15-8-5-6-9-10(7-8)14(19)17(13(9)18)12-4-2-1-3-11(12)16/h1-7H. The van der Waals surface area contributed by atoms with E-state index in [2.05, 4.69) is 15.9 Å². The lowest BCUT2D eigenvalue weighted by Gasteiger charge is -2.14. The third kappa shape index (κ3) is 1.88. The van der Waals surface area contributed by atoms with Gasteiger partial charge < -0.3 is 0 Å². The van der Waals surface area contributed by atoms with Crippen LogP contribution in [-0.4, -0.2) is 11.8 Å². The number of amides is 2. The van der Waals surface area contributed by atoms with Gasteiger partial charge in [-0.2, -0.15) is 0 Å². The SMILES string of the molecule is O=C1c2ccc(Br)cc2C(=O)N1c1ccccc1Cl. The summed E-state index contributed by atoms with van der Waals surface area (Å²) in [4.78, 5) is 25.8. The first-order chi connectivity index (χ1) is 9.09. The molecule has 0 aliphatic carbocycles. The molecule has 0 radical (unpaired) electrons. The molecule has 0 saturated carbocycles. The minimum Gasteiger partial charge on any atom is -0.268 e. The van der Waals surface area contributed by atoms with E-state index in [1.807, 2.05) is 0 Å². The molecule has 0 N–H and O–H groups in total. The lowest BCUT2D eigenvalue weighted by Crippen LogP contribution is -2.29. The van der Waals surface area contributed by atoms with Gasteiger partial charge in [-0.05, 0) is 30.3 Å². The van der Waals surface area contributed by atoms with Gasteiger partial charge in [-0.1, -0.05) is 39.7 Å². The van der Waals surface area contributed by atoms with Gasteiger partial charge in [0.15, 0.2) is 0 Å². The van der Waals surface area contributed by atoms with Crippen LogP contribution in [0, 0.1) is 0 Å². The van der Waals surface area contributed by atoms with Gasteiger partial charge >= 0.3 is 0 Å². The van der Waals surface area contributed by atoms with Gasteiger partial charge in [0.1, 0.15) is 0 Å². The average molecular weight is 337 g/mol. The maximum Gasteiger partial charge on any atom is 0.266 e. The van der Waals surface area contributed by atoms with E-state index >= 15 is 0 Å². The molecule has 0 atom stereocenters. The van der Waals surface area contributed by atoms with Crippen LogP contribution in [0.25, 0.3) is 0 Å². The van der Waals surface area contributed by atoms with Gasteiger partial charge in [0.25, 0.3) is 11.8 Å². The van der Waals surface area contributed by atoms with Crippen molar-refractivity contribution in [1.29, 1.82) is 0 Å². The van der Waals surface area contributed by atoms with Crippen molar-refractivity contribution < 1.29 is 9.59 Å². The Morgan fingerprint density at radius 3 is 2.37 bits per heavy atom. The van der Waals surface area contributed by atoms with E-state index in [1.165, 1.54) is 0 Å². The summed E-state index contributed by atoms with van der Waals surface area (Å²) in [5.74, 6) is -0.699. The number of carbonyl (C=O) groups is 2. The molecular weight excluding hydrogens is 330 g/mol. The Morgan fingerprint density at radius 1 is 0.947 bits per heavy atom. The molecule has 3 nitrogen and oxygen atoms in total. The smallest absolute Gasteiger partial charge is 0.266 e. The van der Waals surface area contributed by atoms with Crippen molar-refractivity contribution in [2.24, 2.45) is 0 Å². The van der Waals surface area contributed by atoms with Crippen molar-refractivity contribution in [3.8, 4) is 0 Å². The van der Waals surface area contributed by atoms with Gasteiger partial charge in [0.05, 0.1) is 21.8 Å². The van der Waals surface area contributed by atoms with Crippen LogP contribution in [0.4, 0.5) is 5.69 Å². The number of carbonyl (C=O) groups excluding carboxylic acids is 2. The van der Waals surface area contributed by atoms with E-state index in [1.54, 1.807) is 42.5 Å². The molecule has 19 heavy (non-hydrogen) atoms. The van der Waals surface area contributed by atoms with Gasteiger partial charge in [-0.25, -0.2) is 4.90 Å². The highest BCUT2D eigenvalue weighted by atomic mass is 79.9. The lowest BCUT2D eigenvalue weighted by molar-refractivity contribution is 0.0926. The molecule has 2 aromatic rings. The number of halogens is 2. The fourth-order valence-electron chi connectivity index (χ4n) is 2.06. The van der Waals surface area contributed by atoms with Crippen LogP contribution in [0.5, 0.6) is 0 Å². The second kappa shape index (κ2) is 4.47. The minimum absolute atomic E-state index is 0.347. The third-order valence-corrected chi connectivity index (χ3v) is 3.75. The van der Waals surface area contributed by atoms with E-state index in [0.29, 0.717) is 21.8 Å². The van der Waals surface area contributed by atoms with Gasteiger partial charge in [-0.3, -0.25) is 9.59 Å². The van der Waals surface area contributed by atoms with Crippen LogP contribution in [0.1, 0.15) is 20.7 Å². The summed E-state index contributed by atoms with van der Waals surface area (Å²) in [6.07, 6.45) is 0. The normalized spacial score (nSPS) is 13.9. The Labute approximate surface area is 122 Å². The van der Waals surface area contributed by atoms with E-state index in [9.17, 15) is 9.59 Å². The monoisotopic (exact) mass is 335 g/mol. The maximum atomic E-state index is 12.3. The number of para-hydroxylation sites is 1. The van der Waals surface area contributed by atoms with E-state index < -0.39 is 0 Å². The molecule has 3 rings (SSSR count). The fourth-order valence-corrected chi connectivity index (χ4v) is 2.65. The Morgan fingerprint density at radius 2 is 1.63 bits per heavy atom. The lowest BCUT2D eigenvalue weighted by atomic mass is 10.1. The summed E-state index contributed by atoms with van der Waals surface area (Å²) in [5.41, 5.74) is 1.19. The number of imide groups is 1. The largest absolute Gasteiger partial charge is 0.268 e. The summed E-state index contributed by atoms with van der Waals surface area (Å²) in [7, 11) is 0. The highest BCUT2D eigenvalue weighted by molar-refractivity contribution is 9.10. The molecule has 1 aliphatic rings. The first-order valence-electron chi connectivity index (χ1n) is 5.52. The summed E-state index contributed by atoms with van der Waals surface area (Å²) >= 11 is 9.35. The molecule has 1 aliphatic heterocycles. The van der Waals surface area contributed by atoms with Crippen molar-refractivity contribution in [3.63, 3.8) is 0 Å². The topological polar surface area (TPSA) is 37.4 Å². The summed E-state index contributed by atoms with van der Waals surface area (Å²) in [6.45, 7) is 0. The van der Waals surface area contributed by atoms with Crippen LogP contribution in [0.3, 0.4) is 0 Å². The molecule has 0 saturated heterocycles. The van der Waals surface area contributed by atoms with Crippen molar-refractivity contribution in [3.05, 3.63) is 63.1 Å². The summed E-state index contributed by atoms with van der Waals surface area (Å²) in [5, 5.41) is 0.371. The van der Waals surface area contributed by atoms with Crippen molar-refractivity contribution >= 4 is 45.0 Å². The van der Waals surface area contributed by atoms with Gasteiger partial charge in [0, 0.05) is 4.47 Å². The summed E-state index contributed by atoms with van der Waals surface area (Å²) in [6, 6.07) is 11.8. The first kappa shape index (κ1) is 12.4. The highest BCUT2D eigenvalue weighted by Crippen LogP contribution is 2.33. The quantitative estimate of drug-likeness (QED) is 0.741. The zero-order valence-electron chi connectivity index (χ0n) is 9.56. The minimum atomic E-state index is -0.352. The van der Waals surface area contributed by atoms with Crippen molar-refractivity contribution in [2.75, 3.05) is 4.90 Å². The zero-order chi connectivity index (χ0) is 13.6. The molecule has 0 bridgehead atoms. The molecule has 2 amide bonds. The van der Waals surface area contributed by atoms with Gasteiger partial charge in [-0.15, -0.1) is 0 Å². The molecule has 0 spiro atoms. The van der Waals surface area contributed by atoms with E-state index in [-0.39, 0.29) is 11.8 Å². The predicted octanol–water partition coefficient (Wildman–Crippen LogP) is 3.90. The molecule has 0 fully saturated rings. The number of fused-ring (bicyclic) bond motifs is 1. The molecule has 1 heterocycles. The second-order valence-electron chi connectivity index (χ2n) is 4.09. The van der Waals surface area contributed by atoms with Crippen molar-refractivity contribution in [1.82, 2.24) is 0 Å². The number of hydrogen-bond acceptors (Lipinski definition) is 2. The first-order valence-corrected chi connectivity index (χ1v) is 6.69. The molecule has 2 aromatic carbocycles. The predicted molar refractivity (Wildman–Crippen MR) is 76.7 cm³/mol. The van der Waals surface area contributed by atoms with E-state index in [0.717, 1.165) is 9.37 Å². The van der Waals surface area contributed by atoms with Crippen LogP contribution >= 0.6 is 27.5 Å². The van der Waals surface area contributed by atoms with Crippen LogP contribution in [0.2, 0.25) is 5.02 Å². The zero-order valence-corrected chi connectivity index (χ0v) is 11.9. The molecular formula is C14H7BrClNO2. The summed E-state index contributed by atoms with van der Waals surface area (Å²) < 4.78 is 0.758. The maximum absolute atomic E-state index is 12.3. The van der Waals surface area contributed by atoms with Gasteiger partial charge in [0.2, 0.25) is 0 Å². The second-order valence-corrected chi connectivity index (χ2v) is 5.41. The number of hydrogen-bond donors (Lipinski definition) is 0. The van der Waals surface area contributed by atoms with E-state index in [4.69, 9.17) is 11.6 Å².